The predicted molar refractivity (Wildman–Crippen MR) is 75.5 cm³/mol. The summed E-state index contributed by atoms with van der Waals surface area (Å²) in [4.78, 5) is 10.9. The molecule has 100 valence electrons. The molecule has 3 N–H and O–H groups in total. The van der Waals surface area contributed by atoms with E-state index in [9.17, 15) is 13.2 Å². The number of halogens is 1. The summed E-state index contributed by atoms with van der Waals surface area (Å²) in [5.41, 5.74) is -0.0593. The molecule has 0 aliphatic heterocycles. The van der Waals surface area contributed by atoms with E-state index in [1.807, 2.05) is 22.6 Å². The third kappa shape index (κ3) is 3.04. The van der Waals surface area contributed by atoms with E-state index in [2.05, 4.69) is 14.9 Å². The number of benzene rings is 1. The molecule has 1 heterocycles. The van der Waals surface area contributed by atoms with Gasteiger partial charge in [-0.1, -0.05) is 6.07 Å². The molecule has 0 bridgehead atoms. The van der Waals surface area contributed by atoms with Crippen LogP contribution in [0.25, 0.3) is 0 Å². The Morgan fingerprint density at radius 1 is 1.42 bits per heavy atom. The Morgan fingerprint density at radius 3 is 2.79 bits per heavy atom. The summed E-state index contributed by atoms with van der Waals surface area (Å²) in [6.07, 6.45) is 0.950. The van der Waals surface area contributed by atoms with Crippen LogP contribution in [0.15, 0.2) is 35.5 Å². The average molecular weight is 393 g/mol. The van der Waals surface area contributed by atoms with Gasteiger partial charge < -0.3 is 5.11 Å². The molecule has 9 heteroatoms. The van der Waals surface area contributed by atoms with Gasteiger partial charge in [-0.25, -0.2) is 4.79 Å². The fourth-order valence-electron chi connectivity index (χ4n) is 1.39. The second-order valence-electron chi connectivity index (χ2n) is 3.53. The van der Waals surface area contributed by atoms with E-state index in [0.29, 0.717) is 5.69 Å². The third-order valence-electron chi connectivity index (χ3n) is 2.18. The molecule has 0 saturated carbocycles. The van der Waals surface area contributed by atoms with Crippen LogP contribution in [0.1, 0.15) is 10.4 Å². The zero-order valence-corrected chi connectivity index (χ0v) is 12.3. The number of carboxylic acids is 1. The second kappa shape index (κ2) is 5.17. The maximum atomic E-state index is 12.1. The Hall–Kier alpha value is -1.62. The summed E-state index contributed by atoms with van der Waals surface area (Å²) in [7, 11) is -4.01. The number of rotatable bonds is 4. The van der Waals surface area contributed by atoms with Crippen molar-refractivity contribution >= 4 is 44.3 Å². The molecule has 0 radical (unpaired) electrons. The van der Waals surface area contributed by atoms with Gasteiger partial charge in [0.05, 0.1) is 6.20 Å². The van der Waals surface area contributed by atoms with Crippen LogP contribution in [0.2, 0.25) is 0 Å². The fraction of sp³-hybridized carbons (Fsp3) is 0. The first kappa shape index (κ1) is 13.8. The lowest BCUT2D eigenvalue weighted by Crippen LogP contribution is -2.16. The summed E-state index contributed by atoms with van der Waals surface area (Å²) < 4.78 is 27.2. The highest BCUT2D eigenvalue weighted by Gasteiger charge is 2.24. The number of aromatic nitrogens is 2. The largest absolute Gasteiger partial charge is 0.478 e. The average Bonchev–Trinajstić information content (AvgIpc) is 2.77. The molecule has 0 saturated heterocycles. The van der Waals surface area contributed by atoms with Crippen molar-refractivity contribution in [1.82, 2.24) is 10.2 Å². The number of nitrogens with one attached hydrogen (secondary N) is 2. The van der Waals surface area contributed by atoms with Gasteiger partial charge in [-0.2, -0.15) is 13.5 Å². The van der Waals surface area contributed by atoms with Crippen LogP contribution in [0.3, 0.4) is 0 Å². The van der Waals surface area contributed by atoms with Gasteiger partial charge in [0.2, 0.25) is 0 Å². The molecular weight excluding hydrogens is 385 g/mol. The van der Waals surface area contributed by atoms with Gasteiger partial charge in [-0.15, -0.1) is 0 Å². The Morgan fingerprint density at radius 2 is 2.16 bits per heavy atom. The second-order valence-corrected chi connectivity index (χ2v) is 6.40. The van der Waals surface area contributed by atoms with Crippen molar-refractivity contribution in [1.29, 1.82) is 0 Å². The maximum Gasteiger partial charge on any atom is 0.340 e. The number of aromatic carboxylic acids is 1. The van der Waals surface area contributed by atoms with E-state index in [4.69, 9.17) is 5.11 Å². The lowest BCUT2D eigenvalue weighted by molar-refractivity contribution is 0.0692. The summed E-state index contributed by atoms with van der Waals surface area (Å²) in [5.74, 6) is -1.36. The van der Waals surface area contributed by atoms with E-state index >= 15 is 0 Å². The van der Waals surface area contributed by atoms with Gasteiger partial charge in [0.15, 0.2) is 5.03 Å². The molecule has 2 rings (SSSR count). The van der Waals surface area contributed by atoms with Gasteiger partial charge >= 0.3 is 5.97 Å². The van der Waals surface area contributed by atoms with Crippen LogP contribution in [0, 0.1) is 3.57 Å². The van der Waals surface area contributed by atoms with Crippen LogP contribution in [0.5, 0.6) is 0 Å². The van der Waals surface area contributed by atoms with Crippen molar-refractivity contribution in [2.75, 3.05) is 4.72 Å². The normalized spacial score (nSPS) is 11.2. The number of hydrogen-bond acceptors (Lipinski definition) is 4. The lowest BCUT2D eigenvalue weighted by atomic mass is 10.3. The number of nitrogens with zero attached hydrogens (tertiary/aromatic N) is 1. The summed E-state index contributed by atoms with van der Waals surface area (Å²) >= 11 is 2.04. The Balaban J connectivity index is 2.38. The first-order valence-electron chi connectivity index (χ1n) is 4.95. The third-order valence-corrected chi connectivity index (χ3v) is 4.20. The molecule has 0 aliphatic rings. The molecule has 2 aromatic rings. The highest BCUT2D eigenvalue weighted by Crippen LogP contribution is 2.19. The Bertz CT molecular complexity index is 726. The van der Waals surface area contributed by atoms with Gasteiger partial charge in [0, 0.05) is 9.26 Å². The van der Waals surface area contributed by atoms with Crippen LogP contribution >= 0.6 is 22.6 Å². The summed E-state index contributed by atoms with van der Waals surface area (Å²) in [5, 5.41) is 14.0. The smallest absolute Gasteiger partial charge is 0.340 e. The minimum Gasteiger partial charge on any atom is -0.478 e. The van der Waals surface area contributed by atoms with E-state index in [-0.39, 0.29) is 0 Å². The molecular formula is C10H8IN3O4S. The summed E-state index contributed by atoms with van der Waals surface area (Å²) in [6, 6.07) is 6.67. The molecule has 1 aromatic carbocycles. The number of carbonyl (C=O) groups is 1. The number of carboxylic acid groups (broad SMARTS) is 1. The standard InChI is InChI=1S/C10H8IN3O4S/c11-6-2-1-3-7(4-6)14-19(17,18)9-8(10(15)16)5-12-13-9/h1-5,14H,(H,12,13)(H,15,16). The highest BCUT2D eigenvalue weighted by molar-refractivity contribution is 14.1. The van der Waals surface area contributed by atoms with Crippen LogP contribution < -0.4 is 4.72 Å². The zero-order valence-electron chi connectivity index (χ0n) is 9.29. The maximum absolute atomic E-state index is 12.1. The number of hydrogen-bond donors (Lipinski definition) is 3. The number of anilines is 1. The van der Waals surface area contributed by atoms with E-state index in [1.54, 1.807) is 24.3 Å². The van der Waals surface area contributed by atoms with E-state index < -0.39 is 26.6 Å². The quantitative estimate of drug-likeness (QED) is 0.682. The Kier molecular flexibility index (Phi) is 3.75. The molecule has 0 atom stereocenters. The molecule has 0 amide bonds. The molecule has 0 aliphatic carbocycles. The molecule has 19 heavy (non-hydrogen) atoms. The minimum atomic E-state index is -4.01. The van der Waals surface area contributed by atoms with Crippen molar-refractivity contribution in [3.63, 3.8) is 0 Å². The van der Waals surface area contributed by atoms with Crippen molar-refractivity contribution in [2.24, 2.45) is 0 Å². The van der Waals surface area contributed by atoms with Crippen LogP contribution in [-0.4, -0.2) is 29.7 Å². The Labute approximate surface area is 122 Å². The van der Waals surface area contributed by atoms with Crippen molar-refractivity contribution in [3.05, 3.63) is 39.6 Å². The van der Waals surface area contributed by atoms with Gasteiger partial charge in [-0.05, 0) is 40.8 Å². The first-order chi connectivity index (χ1) is 8.90. The predicted octanol–water partition coefficient (Wildman–Crippen LogP) is 1.51. The number of H-pyrrole nitrogens is 1. The molecule has 0 unspecified atom stereocenters. The fourth-order valence-corrected chi connectivity index (χ4v) is 3.07. The van der Waals surface area contributed by atoms with Crippen molar-refractivity contribution < 1.29 is 18.3 Å². The first-order valence-corrected chi connectivity index (χ1v) is 7.51. The topological polar surface area (TPSA) is 112 Å². The highest BCUT2D eigenvalue weighted by atomic mass is 127. The molecule has 0 fully saturated rings. The lowest BCUT2D eigenvalue weighted by Gasteiger charge is -2.07. The van der Waals surface area contributed by atoms with E-state index in [0.717, 1.165) is 9.77 Å². The van der Waals surface area contributed by atoms with Gasteiger partial charge in [0.1, 0.15) is 5.56 Å². The SMILES string of the molecule is O=C(O)c1cn[nH]c1S(=O)(=O)Nc1cccc(I)c1. The van der Waals surface area contributed by atoms with Crippen LogP contribution in [-0.2, 0) is 10.0 Å². The van der Waals surface area contributed by atoms with Crippen LogP contribution in [0.4, 0.5) is 5.69 Å². The summed E-state index contributed by atoms with van der Waals surface area (Å²) in [6.45, 7) is 0. The van der Waals surface area contributed by atoms with E-state index in [1.165, 1.54) is 0 Å². The number of sulfonamides is 1. The molecule has 7 nitrogen and oxygen atoms in total. The minimum absolute atomic E-state index is 0.345. The van der Waals surface area contributed by atoms with Gasteiger partial charge in [0.25, 0.3) is 10.0 Å². The van der Waals surface area contributed by atoms with Gasteiger partial charge in [-0.3, -0.25) is 9.82 Å². The van der Waals surface area contributed by atoms with Crippen molar-refractivity contribution in [2.45, 2.75) is 5.03 Å². The molecule has 0 spiro atoms. The monoisotopic (exact) mass is 393 g/mol. The zero-order chi connectivity index (χ0) is 14.0. The van der Waals surface area contributed by atoms with Crippen molar-refractivity contribution in [3.8, 4) is 0 Å². The number of aromatic amines is 1. The molecule has 1 aromatic heterocycles.